The molecule has 2 aliphatic rings. The standard InChI is InChI=1S/C15H25N5/c1-10(2)13-14(16)17-9-18-15(13)19-11-6-8-20-7-4-3-5-12(11)20/h9-12H,3-8H2,1-2H3,(H3,16,17,18,19). The molecule has 2 fully saturated rings. The fourth-order valence-electron chi connectivity index (χ4n) is 3.68. The minimum atomic E-state index is 0.336. The van der Waals surface area contributed by atoms with Gasteiger partial charge >= 0.3 is 0 Å². The molecule has 5 heteroatoms. The molecule has 110 valence electrons. The number of rotatable bonds is 3. The number of fused-ring (bicyclic) bond motifs is 1. The fraction of sp³-hybridized carbons (Fsp3) is 0.733. The zero-order valence-electron chi connectivity index (χ0n) is 12.5. The molecule has 1 aromatic rings. The Hall–Kier alpha value is -1.36. The number of hydrogen-bond donors (Lipinski definition) is 2. The molecule has 0 amide bonds. The van der Waals surface area contributed by atoms with E-state index in [0.717, 1.165) is 11.4 Å². The predicted molar refractivity (Wildman–Crippen MR) is 81.8 cm³/mol. The van der Waals surface area contributed by atoms with E-state index in [2.05, 4.69) is 34.0 Å². The van der Waals surface area contributed by atoms with Crippen molar-refractivity contribution in [1.29, 1.82) is 0 Å². The lowest BCUT2D eigenvalue weighted by Gasteiger charge is -2.33. The first kappa shape index (κ1) is 13.6. The van der Waals surface area contributed by atoms with E-state index in [4.69, 9.17) is 5.73 Å². The molecule has 0 spiro atoms. The average Bonchev–Trinajstić information content (AvgIpc) is 2.82. The van der Waals surface area contributed by atoms with E-state index in [1.54, 1.807) is 6.33 Å². The maximum Gasteiger partial charge on any atom is 0.135 e. The van der Waals surface area contributed by atoms with Gasteiger partial charge in [-0.1, -0.05) is 20.3 Å². The van der Waals surface area contributed by atoms with E-state index < -0.39 is 0 Å². The maximum absolute atomic E-state index is 6.03. The van der Waals surface area contributed by atoms with Gasteiger partial charge in [-0.25, -0.2) is 9.97 Å². The van der Waals surface area contributed by atoms with Gasteiger partial charge in [-0.05, 0) is 31.7 Å². The lowest BCUT2D eigenvalue weighted by atomic mass is 9.98. The highest BCUT2D eigenvalue weighted by molar-refractivity contribution is 5.57. The van der Waals surface area contributed by atoms with Gasteiger partial charge in [-0.15, -0.1) is 0 Å². The molecule has 0 radical (unpaired) electrons. The number of piperidine rings is 1. The monoisotopic (exact) mass is 275 g/mol. The largest absolute Gasteiger partial charge is 0.383 e. The molecule has 20 heavy (non-hydrogen) atoms. The zero-order valence-corrected chi connectivity index (χ0v) is 12.5. The summed E-state index contributed by atoms with van der Waals surface area (Å²) in [6, 6.07) is 1.17. The summed E-state index contributed by atoms with van der Waals surface area (Å²) in [6.07, 6.45) is 6.77. The minimum absolute atomic E-state index is 0.336. The van der Waals surface area contributed by atoms with Crippen LogP contribution in [0.2, 0.25) is 0 Å². The van der Waals surface area contributed by atoms with Gasteiger partial charge in [-0.3, -0.25) is 4.90 Å². The number of aromatic nitrogens is 2. The molecule has 2 saturated heterocycles. The third kappa shape index (κ3) is 2.46. The van der Waals surface area contributed by atoms with Crippen LogP contribution in [-0.2, 0) is 0 Å². The number of nitrogens with one attached hydrogen (secondary N) is 1. The molecule has 5 nitrogen and oxygen atoms in total. The van der Waals surface area contributed by atoms with Crippen LogP contribution in [0.1, 0.15) is 51.0 Å². The molecule has 0 saturated carbocycles. The molecule has 3 rings (SSSR count). The van der Waals surface area contributed by atoms with Crippen molar-refractivity contribution < 1.29 is 0 Å². The quantitative estimate of drug-likeness (QED) is 0.885. The molecular formula is C15H25N5. The first-order chi connectivity index (χ1) is 9.66. The molecule has 1 aromatic heterocycles. The highest BCUT2D eigenvalue weighted by Crippen LogP contribution is 2.32. The van der Waals surface area contributed by atoms with E-state index in [9.17, 15) is 0 Å². The zero-order chi connectivity index (χ0) is 14.1. The third-order valence-corrected chi connectivity index (χ3v) is 4.67. The summed E-state index contributed by atoms with van der Waals surface area (Å²) < 4.78 is 0. The highest BCUT2D eigenvalue weighted by atomic mass is 15.2. The Morgan fingerprint density at radius 1 is 1.25 bits per heavy atom. The summed E-state index contributed by atoms with van der Waals surface area (Å²) in [7, 11) is 0. The predicted octanol–water partition coefficient (Wildman–Crippen LogP) is 2.22. The van der Waals surface area contributed by atoms with Crippen molar-refractivity contribution in [3.05, 3.63) is 11.9 Å². The van der Waals surface area contributed by atoms with Crippen molar-refractivity contribution in [3.63, 3.8) is 0 Å². The molecule has 0 aliphatic carbocycles. The van der Waals surface area contributed by atoms with Gasteiger partial charge in [-0.2, -0.15) is 0 Å². The summed E-state index contributed by atoms with van der Waals surface area (Å²) in [5.41, 5.74) is 7.08. The van der Waals surface area contributed by atoms with Crippen LogP contribution in [0.25, 0.3) is 0 Å². The van der Waals surface area contributed by atoms with E-state index in [1.807, 2.05) is 0 Å². The topological polar surface area (TPSA) is 67.1 Å². The first-order valence-electron chi connectivity index (χ1n) is 7.77. The average molecular weight is 275 g/mol. The molecular weight excluding hydrogens is 250 g/mol. The van der Waals surface area contributed by atoms with Gasteiger partial charge in [0.2, 0.25) is 0 Å². The van der Waals surface area contributed by atoms with Crippen LogP contribution >= 0.6 is 0 Å². The minimum Gasteiger partial charge on any atom is -0.383 e. The Morgan fingerprint density at radius 2 is 2.10 bits per heavy atom. The second-order valence-corrected chi connectivity index (χ2v) is 6.31. The summed E-state index contributed by atoms with van der Waals surface area (Å²) in [5.74, 6) is 1.88. The molecule has 3 heterocycles. The van der Waals surface area contributed by atoms with E-state index >= 15 is 0 Å². The summed E-state index contributed by atoms with van der Waals surface area (Å²) >= 11 is 0. The van der Waals surface area contributed by atoms with Gasteiger partial charge in [0.25, 0.3) is 0 Å². The van der Waals surface area contributed by atoms with Gasteiger partial charge in [0.1, 0.15) is 18.0 Å². The van der Waals surface area contributed by atoms with E-state index in [0.29, 0.717) is 23.8 Å². The number of nitrogen functional groups attached to an aromatic ring is 1. The van der Waals surface area contributed by atoms with Gasteiger partial charge in [0.15, 0.2) is 0 Å². The van der Waals surface area contributed by atoms with Crippen LogP contribution in [0.3, 0.4) is 0 Å². The van der Waals surface area contributed by atoms with Crippen molar-refractivity contribution in [3.8, 4) is 0 Å². The van der Waals surface area contributed by atoms with Gasteiger partial charge in [0.05, 0.1) is 0 Å². The number of nitrogens with two attached hydrogens (primary N) is 1. The number of nitrogens with zero attached hydrogens (tertiary/aromatic N) is 3. The summed E-state index contributed by atoms with van der Waals surface area (Å²) in [6.45, 7) is 6.75. The first-order valence-corrected chi connectivity index (χ1v) is 7.77. The van der Waals surface area contributed by atoms with Crippen LogP contribution in [-0.4, -0.2) is 40.0 Å². The summed E-state index contributed by atoms with van der Waals surface area (Å²) in [5, 5.41) is 3.66. The Labute approximate surface area is 121 Å². The lowest BCUT2D eigenvalue weighted by Crippen LogP contribution is -2.42. The van der Waals surface area contributed by atoms with Crippen molar-refractivity contribution in [2.45, 2.75) is 57.5 Å². The Morgan fingerprint density at radius 3 is 2.90 bits per heavy atom. The highest BCUT2D eigenvalue weighted by Gasteiger charge is 2.36. The molecule has 0 bridgehead atoms. The van der Waals surface area contributed by atoms with Crippen molar-refractivity contribution in [2.75, 3.05) is 24.1 Å². The van der Waals surface area contributed by atoms with Crippen LogP contribution in [0.15, 0.2) is 6.33 Å². The van der Waals surface area contributed by atoms with Crippen LogP contribution in [0.5, 0.6) is 0 Å². The van der Waals surface area contributed by atoms with E-state index in [-0.39, 0.29) is 0 Å². The third-order valence-electron chi connectivity index (χ3n) is 4.67. The molecule has 3 N–H and O–H groups in total. The molecule has 2 unspecified atom stereocenters. The number of hydrogen-bond acceptors (Lipinski definition) is 5. The van der Waals surface area contributed by atoms with E-state index in [1.165, 1.54) is 38.8 Å². The van der Waals surface area contributed by atoms with Gasteiger partial charge < -0.3 is 11.1 Å². The molecule has 2 atom stereocenters. The second-order valence-electron chi connectivity index (χ2n) is 6.31. The smallest absolute Gasteiger partial charge is 0.135 e. The maximum atomic E-state index is 6.03. The van der Waals surface area contributed by atoms with Crippen LogP contribution in [0.4, 0.5) is 11.6 Å². The Bertz CT molecular complexity index is 473. The van der Waals surface area contributed by atoms with Crippen molar-refractivity contribution in [1.82, 2.24) is 14.9 Å². The van der Waals surface area contributed by atoms with Gasteiger partial charge in [0, 0.05) is 24.2 Å². The normalized spacial score (nSPS) is 26.8. The summed E-state index contributed by atoms with van der Waals surface area (Å²) in [4.78, 5) is 11.2. The Kier molecular flexibility index (Phi) is 3.78. The fourth-order valence-corrected chi connectivity index (χ4v) is 3.68. The van der Waals surface area contributed by atoms with Crippen molar-refractivity contribution in [2.24, 2.45) is 0 Å². The van der Waals surface area contributed by atoms with Crippen LogP contribution in [0, 0.1) is 0 Å². The Balaban J connectivity index is 1.80. The van der Waals surface area contributed by atoms with Crippen LogP contribution < -0.4 is 11.1 Å². The molecule has 2 aliphatic heterocycles. The second kappa shape index (κ2) is 5.56. The van der Waals surface area contributed by atoms with Crippen molar-refractivity contribution >= 4 is 11.6 Å². The SMILES string of the molecule is CC(C)c1c(N)ncnc1NC1CCN2CCCCC12. The molecule has 0 aromatic carbocycles. The number of anilines is 2. The lowest BCUT2D eigenvalue weighted by molar-refractivity contribution is 0.192.